The number of sulfonamides is 1. The molecule has 0 unspecified atom stereocenters. The van der Waals surface area contributed by atoms with E-state index in [0.717, 1.165) is 21.7 Å². The fourth-order valence-electron chi connectivity index (χ4n) is 2.64. The Morgan fingerprint density at radius 2 is 1.75 bits per heavy atom. The Kier molecular flexibility index (Phi) is 6.80. The number of aryl methyl sites for hydroxylation is 2. The number of anilines is 2. The Hall–Kier alpha value is -2.87. The van der Waals surface area contributed by atoms with Crippen LogP contribution in [-0.2, 0) is 19.6 Å². The summed E-state index contributed by atoms with van der Waals surface area (Å²) in [5.41, 5.74) is 2.65. The summed E-state index contributed by atoms with van der Waals surface area (Å²) in [4.78, 5) is 24.5. The Bertz CT molecular complexity index is 986. The van der Waals surface area contributed by atoms with Crippen molar-refractivity contribution in [2.24, 2.45) is 0 Å². The number of para-hydroxylation sites is 1. The van der Waals surface area contributed by atoms with Crippen LogP contribution in [0.2, 0.25) is 0 Å². The summed E-state index contributed by atoms with van der Waals surface area (Å²) < 4.78 is 30.5. The first-order chi connectivity index (χ1) is 13.1. The maximum absolute atomic E-state index is 12.6. The van der Waals surface area contributed by atoms with E-state index in [1.165, 1.54) is 6.07 Å². The number of benzene rings is 2. The van der Waals surface area contributed by atoms with Crippen LogP contribution in [0.5, 0.6) is 0 Å². The van der Waals surface area contributed by atoms with E-state index in [-0.39, 0.29) is 13.2 Å². The van der Waals surface area contributed by atoms with Gasteiger partial charge in [0, 0.05) is 5.69 Å². The molecule has 8 heteroatoms. The second kappa shape index (κ2) is 8.88. The molecular formula is C20H24N2O5S. The predicted molar refractivity (Wildman–Crippen MR) is 109 cm³/mol. The second-order valence-electron chi connectivity index (χ2n) is 6.35. The molecule has 0 spiro atoms. The molecule has 0 atom stereocenters. The van der Waals surface area contributed by atoms with E-state index < -0.39 is 21.9 Å². The third-order valence-electron chi connectivity index (χ3n) is 4.09. The van der Waals surface area contributed by atoms with Crippen LogP contribution in [0.15, 0.2) is 42.5 Å². The lowest BCUT2D eigenvalue weighted by Gasteiger charge is -2.23. The number of rotatable bonds is 7. The number of ether oxygens (including phenoxy) is 1. The molecule has 0 aliphatic rings. The minimum Gasteiger partial charge on any atom is -0.462 e. The Morgan fingerprint density at radius 1 is 1.07 bits per heavy atom. The highest BCUT2D eigenvalue weighted by molar-refractivity contribution is 7.92. The average molecular weight is 404 g/mol. The molecule has 0 aromatic heterocycles. The average Bonchev–Trinajstić information content (AvgIpc) is 2.61. The van der Waals surface area contributed by atoms with Gasteiger partial charge in [-0.05, 0) is 50.1 Å². The Morgan fingerprint density at radius 3 is 2.36 bits per heavy atom. The first-order valence-corrected chi connectivity index (χ1v) is 10.6. The minimum atomic E-state index is -3.67. The molecule has 2 rings (SSSR count). The van der Waals surface area contributed by atoms with Gasteiger partial charge in [-0.1, -0.05) is 24.3 Å². The normalized spacial score (nSPS) is 11.0. The van der Waals surface area contributed by atoms with E-state index >= 15 is 0 Å². The molecule has 28 heavy (non-hydrogen) atoms. The summed E-state index contributed by atoms with van der Waals surface area (Å²) in [6.07, 6.45) is 1.05. The van der Waals surface area contributed by atoms with Crippen LogP contribution in [0, 0.1) is 13.8 Å². The van der Waals surface area contributed by atoms with E-state index in [1.54, 1.807) is 57.2 Å². The second-order valence-corrected chi connectivity index (χ2v) is 8.26. The van der Waals surface area contributed by atoms with Gasteiger partial charge in [-0.25, -0.2) is 13.2 Å². The van der Waals surface area contributed by atoms with Gasteiger partial charge in [-0.3, -0.25) is 9.10 Å². The molecular weight excluding hydrogens is 380 g/mol. The van der Waals surface area contributed by atoms with Crippen LogP contribution in [0.25, 0.3) is 0 Å². The van der Waals surface area contributed by atoms with E-state index in [2.05, 4.69) is 5.32 Å². The minimum absolute atomic E-state index is 0.244. The molecule has 2 aromatic carbocycles. The molecule has 1 N–H and O–H groups in total. The molecule has 150 valence electrons. The van der Waals surface area contributed by atoms with Gasteiger partial charge in [-0.2, -0.15) is 0 Å². The number of hydrogen-bond donors (Lipinski definition) is 1. The van der Waals surface area contributed by atoms with E-state index in [0.29, 0.717) is 16.9 Å². The summed E-state index contributed by atoms with van der Waals surface area (Å²) in [6, 6.07) is 11.8. The lowest BCUT2D eigenvalue weighted by Crippen LogP contribution is -2.38. The van der Waals surface area contributed by atoms with Crippen LogP contribution in [0.1, 0.15) is 28.4 Å². The van der Waals surface area contributed by atoms with E-state index in [4.69, 9.17) is 4.74 Å². The fraction of sp³-hybridized carbons (Fsp3) is 0.300. The molecule has 2 aromatic rings. The van der Waals surface area contributed by atoms with Crippen molar-refractivity contribution in [2.45, 2.75) is 20.8 Å². The van der Waals surface area contributed by atoms with Crippen molar-refractivity contribution in [1.82, 2.24) is 0 Å². The maximum Gasteiger partial charge on any atom is 0.338 e. The zero-order valence-corrected chi connectivity index (χ0v) is 17.2. The number of nitrogens with one attached hydrogen (secondary N) is 1. The van der Waals surface area contributed by atoms with Gasteiger partial charge >= 0.3 is 5.97 Å². The molecule has 0 radical (unpaired) electrons. The molecule has 1 amide bonds. The highest BCUT2D eigenvalue weighted by atomic mass is 32.2. The maximum atomic E-state index is 12.6. The van der Waals surface area contributed by atoms with Gasteiger partial charge in [-0.15, -0.1) is 0 Å². The molecule has 0 saturated carbocycles. The summed E-state index contributed by atoms with van der Waals surface area (Å²) in [6.45, 7) is 5.12. The predicted octanol–water partition coefficient (Wildman–Crippen LogP) is 2.88. The van der Waals surface area contributed by atoms with Gasteiger partial charge in [0.25, 0.3) is 0 Å². The third-order valence-corrected chi connectivity index (χ3v) is 5.22. The van der Waals surface area contributed by atoms with E-state index in [1.807, 2.05) is 0 Å². The third kappa shape index (κ3) is 5.32. The first-order valence-electron chi connectivity index (χ1n) is 8.74. The van der Waals surface area contributed by atoms with E-state index in [9.17, 15) is 18.0 Å². The molecule has 0 aliphatic carbocycles. The van der Waals surface area contributed by atoms with Crippen molar-refractivity contribution in [1.29, 1.82) is 0 Å². The van der Waals surface area contributed by atoms with Crippen molar-refractivity contribution in [3.63, 3.8) is 0 Å². The fourth-order valence-corrected chi connectivity index (χ4v) is 3.56. The van der Waals surface area contributed by atoms with Crippen LogP contribution >= 0.6 is 0 Å². The zero-order valence-electron chi connectivity index (χ0n) is 16.4. The molecule has 7 nitrogen and oxygen atoms in total. The summed E-state index contributed by atoms with van der Waals surface area (Å²) >= 11 is 0. The molecule has 0 saturated heterocycles. The quantitative estimate of drug-likeness (QED) is 0.717. The van der Waals surface area contributed by atoms with Crippen LogP contribution < -0.4 is 9.62 Å². The van der Waals surface area contributed by atoms with Crippen LogP contribution in [0.4, 0.5) is 11.4 Å². The Balaban J connectivity index is 2.25. The lowest BCUT2D eigenvalue weighted by molar-refractivity contribution is -0.114. The topological polar surface area (TPSA) is 92.8 Å². The molecule has 0 aliphatic heterocycles. The number of nitrogens with zero attached hydrogens (tertiary/aromatic N) is 1. The van der Waals surface area contributed by atoms with Crippen molar-refractivity contribution in [2.75, 3.05) is 29.0 Å². The summed E-state index contributed by atoms with van der Waals surface area (Å²) in [5, 5.41) is 2.69. The van der Waals surface area contributed by atoms with Gasteiger partial charge < -0.3 is 10.1 Å². The van der Waals surface area contributed by atoms with Crippen molar-refractivity contribution in [3.05, 3.63) is 59.2 Å². The summed E-state index contributed by atoms with van der Waals surface area (Å²) in [5.74, 6) is -1.01. The van der Waals surface area contributed by atoms with Gasteiger partial charge in [0.2, 0.25) is 15.9 Å². The van der Waals surface area contributed by atoms with Gasteiger partial charge in [0.1, 0.15) is 6.54 Å². The largest absolute Gasteiger partial charge is 0.462 e. The standard InChI is InChI=1S/C20H24N2O5S/c1-5-27-20(24)16-11-10-14(2)17(12-16)21-19(23)13-22(28(4,25)26)18-9-7-6-8-15(18)3/h6-12H,5,13H2,1-4H3,(H,21,23). The number of amides is 1. The van der Waals surface area contributed by atoms with Crippen LogP contribution in [-0.4, -0.2) is 39.7 Å². The highest BCUT2D eigenvalue weighted by Crippen LogP contribution is 2.23. The SMILES string of the molecule is CCOC(=O)c1ccc(C)c(NC(=O)CN(c2ccccc2C)S(C)(=O)=O)c1. The monoisotopic (exact) mass is 404 g/mol. The number of carbonyl (C=O) groups is 2. The first kappa shape index (κ1) is 21.4. The number of carbonyl (C=O) groups excluding carboxylic acids is 2. The molecule has 0 heterocycles. The van der Waals surface area contributed by atoms with Crippen molar-refractivity contribution in [3.8, 4) is 0 Å². The number of esters is 1. The van der Waals surface area contributed by atoms with Crippen LogP contribution in [0.3, 0.4) is 0 Å². The summed E-state index contributed by atoms with van der Waals surface area (Å²) in [7, 11) is -3.67. The Labute approximate surface area is 165 Å². The smallest absolute Gasteiger partial charge is 0.338 e. The van der Waals surface area contributed by atoms with Gasteiger partial charge in [0.15, 0.2) is 0 Å². The molecule has 0 bridgehead atoms. The number of hydrogen-bond acceptors (Lipinski definition) is 5. The highest BCUT2D eigenvalue weighted by Gasteiger charge is 2.22. The van der Waals surface area contributed by atoms with Gasteiger partial charge in [0.05, 0.1) is 24.1 Å². The van der Waals surface area contributed by atoms with Crippen molar-refractivity contribution < 1.29 is 22.7 Å². The van der Waals surface area contributed by atoms with Crippen molar-refractivity contribution >= 4 is 33.3 Å². The zero-order chi connectivity index (χ0) is 20.9. The lowest BCUT2D eigenvalue weighted by atomic mass is 10.1. The molecule has 0 fully saturated rings.